The highest BCUT2D eigenvalue weighted by atomic mass is 16.5. The molecular weight excluding hydrogens is 360 g/mol. The highest BCUT2D eigenvalue weighted by Crippen LogP contribution is 2.27. The third kappa shape index (κ3) is 3.86. The zero-order valence-corrected chi connectivity index (χ0v) is 17.2. The number of aryl methyl sites for hydroxylation is 2. The summed E-state index contributed by atoms with van der Waals surface area (Å²) < 4.78 is 7.70. The molecule has 0 aliphatic heterocycles. The van der Waals surface area contributed by atoms with Crippen LogP contribution in [0.3, 0.4) is 0 Å². The molecule has 0 aliphatic rings. The van der Waals surface area contributed by atoms with Crippen molar-refractivity contribution in [3.8, 4) is 17.0 Å². The first-order valence-corrected chi connectivity index (χ1v) is 10.1. The van der Waals surface area contributed by atoms with Crippen LogP contribution < -0.4 is 4.74 Å². The monoisotopic (exact) mass is 386 g/mol. The lowest BCUT2D eigenvalue weighted by Crippen LogP contribution is -2.06. The molecule has 5 heteroatoms. The molecule has 29 heavy (non-hydrogen) atoms. The van der Waals surface area contributed by atoms with Crippen molar-refractivity contribution in [2.24, 2.45) is 0 Å². The summed E-state index contributed by atoms with van der Waals surface area (Å²) in [4.78, 5) is 13.4. The van der Waals surface area contributed by atoms with Crippen LogP contribution in [0.5, 0.6) is 5.88 Å². The van der Waals surface area contributed by atoms with Crippen LogP contribution in [0.1, 0.15) is 36.7 Å². The molecule has 0 spiro atoms. The van der Waals surface area contributed by atoms with Crippen molar-refractivity contribution in [3.63, 3.8) is 0 Å². The second-order valence-electron chi connectivity index (χ2n) is 7.28. The highest BCUT2D eigenvalue weighted by Gasteiger charge is 2.17. The molecule has 0 bridgehead atoms. The summed E-state index contributed by atoms with van der Waals surface area (Å²) >= 11 is 0. The number of aromatic nitrogens is 4. The largest absolute Gasteiger partial charge is 0.479 e. The van der Waals surface area contributed by atoms with E-state index in [2.05, 4.69) is 76.9 Å². The lowest BCUT2D eigenvalue weighted by atomic mass is 9.99. The van der Waals surface area contributed by atoms with Crippen molar-refractivity contribution in [1.82, 2.24) is 19.5 Å². The summed E-state index contributed by atoms with van der Waals surface area (Å²) in [5, 5.41) is 0. The molecule has 148 valence electrons. The van der Waals surface area contributed by atoms with Gasteiger partial charge in [-0.15, -0.1) is 0 Å². The molecule has 0 saturated carbocycles. The fraction of sp³-hybridized carbons (Fsp3) is 0.292. The third-order valence-corrected chi connectivity index (χ3v) is 5.28. The second-order valence-corrected chi connectivity index (χ2v) is 7.28. The molecule has 4 rings (SSSR count). The van der Waals surface area contributed by atoms with E-state index in [0.717, 1.165) is 30.6 Å². The second kappa shape index (κ2) is 8.43. The maximum Gasteiger partial charge on any atom is 0.243 e. The quantitative estimate of drug-likeness (QED) is 0.438. The average molecular weight is 386 g/mol. The minimum atomic E-state index is 0.571. The Bertz CT molecular complexity index is 1120. The van der Waals surface area contributed by atoms with Gasteiger partial charge in [-0.05, 0) is 35.6 Å². The van der Waals surface area contributed by atoms with Crippen LogP contribution in [0, 0.1) is 6.92 Å². The van der Waals surface area contributed by atoms with E-state index >= 15 is 0 Å². The minimum Gasteiger partial charge on any atom is -0.479 e. The van der Waals surface area contributed by atoms with Crippen molar-refractivity contribution in [2.75, 3.05) is 7.11 Å². The van der Waals surface area contributed by atoms with Gasteiger partial charge >= 0.3 is 0 Å². The van der Waals surface area contributed by atoms with Crippen molar-refractivity contribution in [3.05, 3.63) is 71.8 Å². The van der Waals surface area contributed by atoms with E-state index < -0.39 is 0 Å². The van der Waals surface area contributed by atoms with Gasteiger partial charge in [0.05, 0.1) is 7.11 Å². The van der Waals surface area contributed by atoms with Gasteiger partial charge in [0.15, 0.2) is 11.2 Å². The standard InChI is InChI=1S/C24H26N4O/c1-4-5-10-21-27-23-22(24(29-3)26-16-25-23)28(21)15-18-11-13-19(14-12-18)20-9-7-6-8-17(20)2/h6-9,11-14,16H,4-5,10,15H2,1-3H3. The van der Waals surface area contributed by atoms with Crippen LogP contribution in [0.15, 0.2) is 54.9 Å². The third-order valence-electron chi connectivity index (χ3n) is 5.28. The Hall–Kier alpha value is -3.21. The Morgan fingerprint density at radius 1 is 1.00 bits per heavy atom. The van der Waals surface area contributed by atoms with E-state index in [9.17, 15) is 0 Å². The Labute approximate surface area is 171 Å². The normalized spacial score (nSPS) is 11.1. The van der Waals surface area contributed by atoms with Crippen LogP contribution in [0.4, 0.5) is 0 Å². The molecule has 0 fully saturated rings. The van der Waals surface area contributed by atoms with Crippen molar-refractivity contribution in [1.29, 1.82) is 0 Å². The van der Waals surface area contributed by atoms with Crippen LogP contribution in [0.2, 0.25) is 0 Å². The maximum atomic E-state index is 5.50. The summed E-state index contributed by atoms with van der Waals surface area (Å²) in [5.74, 6) is 1.60. The molecule has 0 saturated heterocycles. The number of hydrogen-bond acceptors (Lipinski definition) is 4. The molecule has 2 aromatic heterocycles. The molecule has 4 aromatic rings. The van der Waals surface area contributed by atoms with Gasteiger partial charge in [-0.1, -0.05) is 61.9 Å². The zero-order valence-electron chi connectivity index (χ0n) is 17.2. The molecule has 2 aromatic carbocycles. The van der Waals surface area contributed by atoms with Crippen molar-refractivity contribution in [2.45, 2.75) is 39.7 Å². The first-order valence-electron chi connectivity index (χ1n) is 10.1. The van der Waals surface area contributed by atoms with Crippen LogP contribution in [-0.4, -0.2) is 26.6 Å². The number of hydrogen-bond donors (Lipinski definition) is 0. The summed E-state index contributed by atoms with van der Waals surface area (Å²) in [6, 6.07) is 17.2. The lowest BCUT2D eigenvalue weighted by Gasteiger charge is -2.12. The predicted molar refractivity (Wildman–Crippen MR) is 116 cm³/mol. The number of fused-ring (bicyclic) bond motifs is 1. The van der Waals surface area contributed by atoms with Crippen LogP contribution in [-0.2, 0) is 13.0 Å². The van der Waals surface area contributed by atoms with Gasteiger partial charge in [0.1, 0.15) is 12.2 Å². The van der Waals surface area contributed by atoms with Crippen LogP contribution >= 0.6 is 0 Å². The first-order chi connectivity index (χ1) is 14.2. The topological polar surface area (TPSA) is 52.8 Å². The molecule has 5 nitrogen and oxygen atoms in total. The van der Waals surface area contributed by atoms with Gasteiger partial charge < -0.3 is 9.30 Å². The molecule has 0 aliphatic carbocycles. The van der Waals surface area contributed by atoms with E-state index in [0.29, 0.717) is 18.1 Å². The fourth-order valence-electron chi connectivity index (χ4n) is 3.70. The number of rotatable bonds is 7. The number of benzene rings is 2. The fourth-order valence-corrected chi connectivity index (χ4v) is 3.70. The Morgan fingerprint density at radius 3 is 2.52 bits per heavy atom. The smallest absolute Gasteiger partial charge is 0.243 e. The first kappa shape index (κ1) is 19.1. The molecule has 0 unspecified atom stereocenters. The van der Waals surface area contributed by atoms with Gasteiger partial charge in [-0.3, -0.25) is 0 Å². The van der Waals surface area contributed by atoms with E-state index in [1.54, 1.807) is 7.11 Å². The molecular formula is C24H26N4O. The van der Waals surface area contributed by atoms with E-state index in [4.69, 9.17) is 9.72 Å². The van der Waals surface area contributed by atoms with Crippen molar-refractivity contribution >= 4 is 11.2 Å². The van der Waals surface area contributed by atoms with Gasteiger partial charge in [-0.25, -0.2) is 9.97 Å². The van der Waals surface area contributed by atoms with E-state index in [1.807, 2.05) is 0 Å². The Balaban J connectivity index is 1.70. The Kier molecular flexibility index (Phi) is 5.56. The van der Waals surface area contributed by atoms with E-state index in [-0.39, 0.29) is 0 Å². The molecule has 2 heterocycles. The number of ether oxygens (including phenoxy) is 1. The maximum absolute atomic E-state index is 5.50. The molecule has 0 atom stereocenters. The Morgan fingerprint density at radius 2 is 1.79 bits per heavy atom. The molecule has 0 amide bonds. The molecule has 0 radical (unpaired) electrons. The summed E-state index contributed by atoms with van der Waals surface area (Å²) in [7, 11) is 1.64. The minimum absolute atomic E-state index is 0.571. The molecule has 0 N–H and O–H groups in total. The van der Waals surface area contributed by atoms with Gasteiger partial charge in [0.2, 0.25) is 5.88 Å². The van der Waals surface area contributed by atoms with Gasteiger partial charge in [0.25, 0.3) is 0 Å². The van der Waals surface area contributed by atoms with E-state index in [1.165, 1.54) is 28.6 Å². The number of imidazole rings is 1. The summed E-state index contributed by atoms with van der Waals surface area (Å²) in [6.07, 6.45) is 4.64. The number of unbranched alkanes of at least 4 members (excludes halogenated alkanes) is 1. The predicted octanol–water partition coefficient (Wildman–Crippen LogP) is 5.20. The summed E-state index contributed by atoms with van der Waals surface area (Å²) in [5.41, 5.74) is 6.55. The van der Waals surface area contributed by atoms with Crippen molar-refractivity contribution < 1.29 is 4.74 Å². The van der Waals surface area contributed by atoms with Gasteiger partial charge in [0, 0.05) is 13.0 Å². The lowest BCUT2D eigenvalue weighted by molar-refractivity contribution is 0.400. The van der Waals surface area contributed by atoms with Gasteiger partial charge in [-0.2, -0.15) is 4.98 Å². The highest BCUT2D eigenvalue weighted by molar-refractivity contribution is 5.77. The van der Waals surface area contributed by atoms with Crippen LogP contribution in [0.25, 0.3) is 22.3 Å². The number of nitrogens with zero attached hydrogens (tertiary/aromatic N) is 4. The number of methoxy groups -OCH3 is 1. The summed E-state index contributed by atoms with van der Waals surface area (Å²) in [6.45, 7) is 5.05. The zero-order chi connectivity index (χ0) is 20.2. The average Bonchev–Trinajstić information content (AvgIpc) is 3.10. The SMILES string of the molecule is CCCCc1nc2ncnc(OC)c2n1Cc1ccc(-c2ccccc2C)cc1.